The molecule has 3 heterocycles. The van der Waals surface area contributed by atoms with E-state index in [-0.39, 0.29) is 0 Å². The maximum Gasteiger partial charge on any atom is 0.0469 e. The number of fused-ring (bicyclic) bond motifs is 1. The molecule has 2 nitrogen and oxygen atoms in total. The molecule has 1 saturated heterocycles. The molecular formula is C12H17NOS. The van der Waals surface area contributed by atoms with Crippen molar-refractivity contribution in [1.29, 1.82) is 0 Å². The average Bonchev–Trinajstić information content (AvgIpc) is 2.78. The van der Waals surface area contributed by atoms with Gasteiger partial charge in [0, 0.05) is 30.7 Å². The number of hydrogen-bond acceptors (Lipinski definition) is 3. The number of ether oxygens (including phenoxy) is 1. The number of thiophene rings is 1. The fourth-order valence-corrected chi connectivity index (χ4v) is 3.68. The van der Waals surface area contributed by atoms with Crippen molar-refractivity contribution in [1.82, 2.24) is 5.32 Å². The summed E-state index contributed by atoms with van der Waals surface area (Å²) >= 11 is 1.92. The van der Waals surface area contributed by atoms with Gasteiger partial charge in [-0.15, -0.1) is 11.3 Å². The van der Waals surface area contributed by atoms with Gasteiger partial charge in [-0.25, -0.2) is 0 Å². The van der Waals surface area contributed by atoms with Gasteiger partial charge < -0.3 is 10.1 Å². The van der Waals surface area contributed by atoms with Gasteiger partial charge in [-0.2, -0.15) is 0 Å². The molecule has 0 saturated carbocycles. The lowest BCUT2D eigenvalue weighted by molar-refractivity contribution is 0.0529. The van der Waals surface area contributed by atoms with Crippen LogP contribution in [0.15, 0.2) is 11.4 Å². The highest BCUT2D eigenvalue weighted by Crippen LogP contribution is 2.36. The van der Waals surface area contributed by atoms with Gasteiger partial charge in [0.25, 0.3) is 0 Å². The number of nitrogens with one attached hydrogen (secondary N) is 1. The monoisotopic (exact) mass is 223 g/mol. The first-order valence-corrected chi connectivity index (χ1v) is 6.70. The molecular weight excluding hydrogens is 206 g/mol. The van der Waals surface area contributed by atoms with E-state index in [4.69, 9.17) is 4.74 Å². The standard InChI is InChI=1S/C12H17NOS/c1-5-13-12(9-2-6-14-7-3-9)10-4-8-15-11(1)10/h4,8-9,12-13H,1-3,5-7H2. The van der Waals surface area contributed by atoms with E-state index in [0.29, 0.717) is 6.04 Å². The molecule has 0 bridgehead atoms. The molecule has 2 aliphatic rings. The third kappa shape index (κ3) is 1.84. The van der Waals surface area contributed by atoms with Crippen molar-refractivity contribution in [2.24, 2.45) is 5.92 Å². The summed E-state index contributed by atoms with van der Waals surface area (Å²) in [5.74, 6) is 0.785. The predicted octanol–water partition coefficient (Wildman–Crippen LogP) is 2.36. The van der Waals surface area contributed by atoms with Gasteiger partial charge >= 0.3 is 0 Å². The lowest BCUT2D eigenvalue weighted by Gasteiger charge is -2.34. The lowest BCUT2D eigenvalue weighted by Crippen LogP contribution is -2.36. The Morgan fingerprint density at radius 1 is 1.33 bits per heavy atom. The van der Waals surface area contributed by atoms with Crippen LogP contribution in [-0.4, -0.2) is 19.8 Å². The van der Waals surface area contributed by atoms with Crippen molar-refractivity contribution >= 4 is 11.3 Å². The second-order valence-electron chi connectivity index (χ2n) is 4.43. The molecule has 1 fully saturated rings. The maximum atomic E-state index is 5.43. The lowest BCUT2D eigenvalue weighted by atomic mass is 9.85. The zero-order chi connectivity index (χ0) is 10.1. The van der Waals surface area contributed by atoms with Gasteiger partial charge in [0.2, 0.25) is 0 Å². The molecule has 1 aromatic heterocycles. The van der Waals surface area contributed by atoms with Crippen molar-refractivity contribution in [3.8, 4) is 0 Å². The summed E-state index contributed by atoms with van der Waals surface area (Å²) in [5.41, 5.74) is 1.57. The van der Waals surface area contributed by atoms with E-state index >= 15 is 0 Å². The molecule has 1 unspecified atom stereocenters. The highest BCUT2D eigenvalue weighted by molar-refractivity contribution is 7.10. The molecule has 0 spiro atoms. The normalized spacial score (nSPS) is 27.6. The second-order valence-corrected chi connectivity index (χ2v) is 5.43. The Kier molecular flexibility index (Phi) is 2.77. The second kappa shape index (κ2) is 4.24. The highest BCUT2D eigenvalue weighted by atomic mass is 32.1. The fraction of sp³-hybridized carbons (Fsp3) is 0.667. The first-order valence-electron chi connectivity index (χ1n) is 5.82. The predicted molar refractivity (Wildman–Crippen MR) is 62.3 cm³/mol. The van der Waals surface area contributed by atoms with Crippen LogP contribution >= 0.6 is 11.3 Å². The number of hydrogen-bond donors (Lipinski definition) is 1. The smallest absolute Gasteiger partial charge is 0.0469 e. The Hall–Kier alpha value is -0.380. The SMILES string of the molecule is c1cc2c(s1)CCNC2C1CCOCC1. The highest BCUT2D eigenvalue weighted by Gasteiger charge is 2.29. The quantitative estimate of drug-likeness (QED) is 0.789. The van der Waals surface area contributed by atoms with E-state index in [2.05, 4.69) is 16.8 Å². The molecule has 1 aromatic rings. The molecule has 3 heteroatoms. The molecule has 0 amide bonds. The largest absolute Gasteiger partial charge is 0.381 e. The summed E-state index contributed by atoms with van der Waals surface area (Å²) in [6, 6.07) is 2.91. The Bertz CT molecular complexity index is 330. The van der Waals surface area contributed by atoms with E-state index < -0.39 is 0 Å². The van der Waals surface area contributed by atoms with Crippen LogP contribution in [0, 0.1) is 5.92 Å². The average molecular weight is 223 g/mol. The topological polar surface area (TPSA) is 21.3 Å². The van der Waals surface area contributed by atoms with Crippen LogP contribution in [-0.2, 0) is 11.2 Å². The van der Waals surface area contributed by atoms with E-state index in [0.717, 1.165) is 25.7 Å². The van der Waals surface area contributed by atoms with Gasteiger partial charge in [-0.1, -0.05) is 0 Å². The Labute approximate surface area is 94.6 Å². The summed E-state index contributed by atoms with van der Waals surface area (Å²) in [4.78, 5) is 1.60. The molecule has 82 valence electrons. The Balaban J connectivity index is 1.82. The van der Waals surface area contributed by atoms with Gasteiger partial charge in [-0.05, 0) is 42.2 Å². The van der Waals surface area contributed by atoms with E-state index in [1.54, 1.807) is 10.4 Å². The minimum atomic E-state index is 0.601. The summed E-state index contributed by atoms with van der Waals surface area (Å²) in [5, 5.41) is 5.92. The van der Waals surface area contributed by atoms with Crippen molar-refractivity contribution < 1.29 is 4.74 Å². The molecule has 15 heavy (non-hydrogen) atoms. The zero-order valence-corrected chi connectivity index (χ0v) is 9.69. The van der Waals surface area contributed by atoms with Gasteiger partial charge in [0.05, 0.1) is 0 Å². The van der Waals surface area contributed by atoms with E-state index in [9.17, 15) is 0 Å². The molecule has 0 aromatic carbocycles. The minimum Gasteiger partial charge on any atom is -0.381 e. The summed E-state index contributed by atoms with van der Waals surface area (Å²) in [7, 11) is 0. The zero-order valence-electron chi connectivity index (χ0n) is 8.87. The van der Waals surface area contributed by atoms with Gasteiger partial charge in [-0.3, -0.25) is 0 Å². The summed E-state index contributed by atoms with van der Waals surface area (Å²) in [6.45, 7) is 3.04. The van der Waals surface area contributed by atoms with Gasteiger partial charge in [0.15, 0.2) is 0 Å². The Morgan fingerprint density at radius 3 is 3.07 bits per heavy atom. The molecule has 0 aliphatic carbocycles. The van der Waals surface area contributed by atoms with Crippen molar-refractivity contribution in [2.45, 2.75) is 25.3 Å². The van der Waals surface area contributed by atoms with Crippen LogP contribution in [0.5, 0.6) is 0 Å². The first kappa shape index (κ1) is 9.82. The number of rotatable bonds is 1. The third-order valence-corrected chi connectivity index (χ3v) is 4.57. The molecule has 1 atom stereocenters. The van der Waals surface area contributed by atoms with Crippen LogP contribution in [0.25, 0.3) is 0 Å². The summed E-state index contributed by atoms with van der Waals surface area (Å²) < 4.78 is 5.43. The van der Waals surface area contributed by atoms with Crippen molar-refractivity contribution in [2.75, 3.05) is 19.8 Å². The molecule has 3 rings (SSSR count). The van der Waals surface area contributed by atoms with Gasteiger partial charge in [0.1, 0.15) is 0 Å². The fourth-order valence-electron chi connectivity index (χ4n) is 2.75. The molecule has 2 aliphatic heterocycles. The van der Waals surface area contributed by atoms with Crippen molar-refractivity contribution in [3.63, 3.8) is 0 Å². The Morgan fingerprint density at radius 2 is 2.20 bits per heavy atom. The third-order valence-electron chi connectivity index (χ3n) is 3.57. The van der Waals surface area contributed by atoms with Crippen LogP contribution in [0.2, 0.25) is 0 Å². The van der Waals surface area contributed by atoms with Crippen LogP contribution in [0.3, 0.4) is 0 Å². The molecule has 1 N–H and O–H groups in total. The van der Waals surface area contributed by atoms with E-state index in [1.165, 1.54) is 19.3 Å². The minimum absolute atomic E-state index is 0.601. The van der Waals surface area contributed by atoms with E-state index in [1.807, 2.05) is 11.3 Å². The van der Waals surface area contributed by atoms with Crippen LogP contribution in [0.4, 0.5) is 0 Å². The molecule has 0 radical (unpaired) electrons. The van der Waals surface area contributed by atoms with Crippen LogP contribution in [0.1, 0.15) is 29.3 Å². The van der Waals surface area contributed by atoms with Crippen LogP contribution < -0.4 is 5.32 Å². The first-order chi connectivity index (χ1) is 7.45. The van der Waals surface area contributed by atoms with Crippen molar-refractivity contribution in [3.05, 3.63) is 21.9 Å². The maximum absolute atomic E-state index is 5.43. The summed E-state index contributed by atoms with van der Waals surface area (Å²) in [6.07, 6.45) is 3.65.